The molecule has 0 aliphatic carbocycles. The van der Waals surface area contributed by atoms with Crippen molar-refractivity contribution in [3.05, 3.63) is 93.8 Å². The number of benzene rings is 1. The number of hydrogen-bond acceptors (Lipinski definition) is 3. The average Bonchev–Trinajstić information content (AvgIpc) is 3.19. The number of pyridine rings is 1. The molecule has 2 aromatic heterocycles. The number of rotatable bonds is 4. The number of furan rings is 1. The zero-order valence-electron chi connectivity index (χ0n) is 17.2. The van der Waals surface area contributed by atoms with Crippen molar-refractivity contribution in [2.45, 2.75) is 38.1 Å². The molecule has 4 heterocycles. The Hall–Kier alpha value is -3.08. The number of nitrogens with zero attached hydrogens (tertiary/aromatic N) is 2. The summed E-state index contributed by atoms with van der Waals surface area (Å²) in [6.07, 6.45) is 1.44. The molecule has 2 aliphatic rings. The summed E-state index contributed by atoms with van der Waals surface area (Å²) in [4.78, 5) is 27.6. The van der Waals surface area contributed by atoms with Crippen LogP contribution in [0.4, 0.5) is 0 Å². The van der Waals surface area contributed by atoms with Gasteiger partial charge in [-0.15, -0.1) is 0 Å². The fourth-order valence-electron chi connectivity index (χ4n) is 5.11. The van der Waals surface area contributed by atoms with E-state index in [2.05, 4.69) is 12.1 Å². The van der Waals surface area contributed by atoms with Gasteiger partial charge in [0.1, 0.15) is 11.5 Å². The van der Waals surface area contributed by atoms with Crippen LogP contribution in [0.3, 0.4) is 0 Å². The number of likely N-dealkylation sites (tertiary alicyclic amines) is 1. The van der Waals surface area contributed by atoms with Gasteiger partial charge in [0.05, 0.1) is 5.92 Å². The molecule has 0 spiro atoms. The highest BCUT2D eigenvalue weighted by Crippen LogP contribution is 2.36. The normalized spacial score (nSPS) is 21.2. The zero-order chi connectivity index (χ0) is 20.7. The molecule has 30 heavy (non-hydrogen) atoms. The van der Waals surface area contributed by atoms with Crippen molar-refractivity contribution in [2.75, 3.05) is 13.1 Å². The summed E-state index contributed by atoms with van der Waals surface area (Å²) in [5.74, 6) is 2.32. The number of fused-ring (bicyclic) bond motifs is 4. The van der Waals surface area contributed by atoms with Crippen LogP contribution in [0.2, 0.25) is 0 Å². The molecule has 0 saturated carbocycles. The highest BCUT2D eigenvalue weighted by molar-refractivity contribution is 5.78. The molecule has 3 aromatic rings. The van der Waals surface area contributed by atoms with E-state index in [9.17, 15) is 9.59 Å². The lowest BCUT2D eigenvalue weighted by atomic mass is 9.82. The average molecular weight is 402 g/mol. The van der Waals surface area contributed by atoms with Crippen molar-refractivity contribution < 1.29 is 9.21 Å². The quantitative estimate of drug-likeness (QED) is 0.665. The van der Waals surface area contributed by atoms with E-state index in [0.29, 0.717) is 25.4 Å². The van der Waals surface area contributed by atoms with Crippen LogP contribution in [0, 0.1) is 12.8 Å². The van der Waals surface area contributed by atoms with E-state index in [1.165, 1.54) is 0 Å². The van der Waals surface area contributed by atoms with Gasteiger partial charge >= 0.3 is 0 Å². The van der Waals surface area contributed by atoms with E-state index < -0.39 is 0 Å². The molecular formula is C25H26N2O3. The fourth-order valence-corrected chi connectivity index (χ4v) is 5.11. The Morgan fingerprint density at radius 2 is 1.87 bits per heavy atom. The summed E-state index contributed by atoms with van der Waals surface area (Å²) in [5, 5.41) is 0. The van der Waals surface area contributed by atoms with Gasteiger partial charge in [-0.3, -0.25) is 9.59 Å². The third-order valence-corrected chi connectivity index (χ3v) is 6.52. The first-order chi connectivity index (χ1) is 14.6. The molecule has 3 atom stereocenters. The summed E-state index contributed by atoms with van der Waals surface area (Å²) < 4.78 is 7.82. The maximum atomic E-state index is 13.4. The third-order valence-electron chi connectivity index (χ3n) is 6.52. The van der Waals surface area contributed by atoms with E-state index in [1.807, 2.05) is 58.9 Å². The van der Waals surface area contributed by atoms with Gasteiger partial charge in [-0.2, -0.15) is 0 Å². The molecule has 5 nitrogen and oxygen atoms in total. The molecular weight excluding hydrogens is 376 g/mol. The Balaban J connectivity index is 1.39. The number of hydrogen-bond donors (Lipinski definition) is 0. The molecule has 2 bridgehead atoms. The molecule has 5 rings (SSSR count). The summed E-state index contributed by atoms with van der Waals surface area (Å²) in [6, 6.07) is 19.5. The number of piperidine rings is 1. The van der Waals surface area contributed by atoms with E-state index in [1.54, 1.807) is 6.07 Å². The van der Waals surface area contributed by atoms with Crippen LogP contribution in [0.5, 0.6) is 0 Å². The molecule has 0 N–H and O–H groups in total. The van der Waals surface area contributed by atoms with Gasteiger partial charge in [-0.05, 0) is 43.0 Å². The Bertz CT molecular complexity index is 1110. The minimum atomic E-state index is -0.0935. The van der Waals surface area contributed by atoms with Gasteiger partial charge in [0, 0.05) is 43.7 Å². The highest BCUT2D eigenvalue weighted by Gasteiger charge is 2.37. The first kappa shape index (κ1) is 18.9. The van der Waals surface area contributed by atoms with Crippen LogP contribution in [-0.2, 0) is 11.3 Å². The maximum absolute atomic E-state index is 13.4. The van der Waals surface area contributed by atoms with Gasteiger partial charge in [-0.25, -0.2) is 0 Å². The lowest BCUT2D eigenvalue weighted by Gasteiger charge is -2.43. The van der Waals surface area contributed by atoms with Crippen molar-refractivity contribution in [1.82, 2.24) is 9.47 Å². The monoisotopic (exact) mass is 402 g/mol. The van der Waals surface area contributed by atoms with Crippen molar-refractivity contribution in [3.8, 4) is 0 Å². The Kier molecular flexibility index (Phi) is 4.81. The Labute approximate surface area is 175 Å². The summed E-state index contributed by atoms with van der Waals surface area (Å²) in [6.45, 7) is 4.03. The lowest BCUT2D eigenvalue weighted by Crippen LogP contribution is -2.49. The molecule has 1 amide bonds. The highest BCUT2D eigenvalue weighted by atomic mass is 16.3. The van der Waals surface area contributed by atoms with E-state index in [-0.39, 0.29) is 23.3 Å². The van der Waals surface area contributed by atoms with Crippen LogP contribution in [0.25, 0.3) is 0 Å². The topological polar surface area (TPSA) is 55.5 Å². The first-order valence-corrected chi connectivity index (χ1v) is 10.7. The molecule has 5 heteroatoms. The van der Waals surface area contributed by atoms with Gasteiger partial charge < -0.3 is 13.9 Å². The van der Waals surface area contributed by atoms with Crippen molar-refractivity contribution >= 4 is 5.91 Å². The van der Waals surface area contributed by atoms with Gasteiger partial charge in [0.2, 0.25) is 5.91 Å². The maximum Gasteiger partial charge on any atom is 0.250 e. The molecule has 154 valence electrons. The minimum absolute atomic E-state index is 0.0688. The largest absolute Gasteiger partial charge is 0.466 e. The number of carbonyl (C=O) groups is 1. The summed E-state index contributed by atoms with van der Waals surface area (Å²) in [7, 11) is 0. The van der Waals surface area contributed by atoms with Crippen LogP contribution in [0.1, 0.15) is 47.5 Å². The molecule has 2 aliphatic heterocycles. The lowest BCUT2D eigenvalue weighted by molar-refractivity contribution is -0.134. The standard InChI is InChI=1S/C25H26N2O3/c1-17-10-11-23(30-17)21(19-6-3-2-4-7-19)13-25(29)26-14-18-12-20(16-26)22-8-5-9-24(28)27(22)15-18/h2-11,18,20-21H,12-16H2,1H3. The first-order valence-electron chi connectivity index (χ1n) is 10.7. The van der Waals surface area contributed by atoms with Crippen molar-refractivity contribution in [2.24, 2.45) is 5.92 Å². The predicted molar refractivity (Wildman–Crippen MR) is 114 cm³/mol. The number of aromatic nitrogens is 1. The molecule has 1 saturated heterocycles. The number of aryl methyl sites for hydroxylation is 1. The van der Waals surface area contributed by atoms with E-state index in [4.69, 9.17) is 4.42 Å². The van der Waals surface area contributed by atoms with Gasteiger partial charge in [0.25, 0.3) is 5.56 Å². The smallest absolute Gasteiger partial charge is 0.250 e. The second kappa shape index (κ2) is 7.63. The minimum Gasteiger partial charge on any atom is -0.466 e. The molecule has 1 fully saturated rings. The van der Waals surface area contributed by atoms with Crippen LogP contribution in [-0.4, -0.2) is 28.5 Å². The van der Waals surface area contributed by atoms with Gasteiger partial charge in [0.15, 0.2) is 0 Å². The molecule has 0 radical (unpaired) electrons. The summed E-state index contributed by atoms with van der Waals surface area (Å²) >= 11 is 0. The Morgan fingerprint density at radius 3 is 2.63 bits per heavy atom. The molecule has 3 unspecified atom stereocenters. The second-order valence-electron chi connectivity index (χ2n) is 8.61. The van der Waals surface area contributed by atoms with Crippen LogP contribution < -0.4 is 5.56 Å². The van der Waals surface area contributed by atoms with Crippen LogP contribution >= 0.6 is 0 Å². The number of carbonyl (C=O) groups excluding carboxylic acids is 1. The van der Waals surface area contributed by atoms with E-state index >= 15 is 0 Å². The van der Waals surface area contributed by atoms with Crippen molar-refractivity contribution in [1.29, 1.82) is 0 Å². The fraction of sp³-hybridized carbons (Fsp3) is 0.360. The summed E-state index contributed by atoms with van der Waals surface area (Å²) in [5.41, 5.74) is 2.23. The SMILES string of the molecule is Cc1ccc(C(CC(=O)N2CC3CC(C2)c2cccc(=O)n2C3)c2ccccc2)o1. The Morgan fingerprint density at radius 1 is 1.03 bits per heavy atom. The zero-order valence-corrected chi connectivity index (χ0v) is 17.2. The molecule has 1 aromatic carbocycles. The third kappa shape index (κ3) is 3.49. The second-order valence-corrected chi connectivity index (χ2v) is 8.61. The van der Waals surface area contributed by atoms with Crippen LogP contribution in [0.15, 0.2) is 69.9 Å². The van der Waals surface area contributed by atoms with Crippen molar-refractivity contribution in [3.63, 3.8) is 0 Å². The van der Waals surface area contributed by atoms with E-state index in [0.717, 1.165) is 35.7 Å². The predicted octanol–water partition coefficient (Wildman–Crippen LogP) is 3.92. The van der Waals surface area contributed by atoms with Gasteiger partial charge in [-0.1, -0.05) is 36.4 Å². The number of amides is 1.